The number of nitrogens with zero attached hydrogens (tertiary/aromatic N) is 3. The van der Waals surface area contributed by atoms with Crippen molar-refractivity contribution in [3.63, 3.8) is 0 Å². The van der Waals surface area contributed by atoms with Gasteiger partial charge >= 0.3 is 6.09 Å². The molecule has 0 atom stereocenters. The van der Waals surface area contributed by atoms with Crippen LogP contribution in [0.25, 0.3) is 32.5 Å². The number of hydrogen-bond acceptors (Lipinski definition) is 7. The van der Waals surface area contributed by atoms with Gasteiger partial charge in [-0.15, -0.1) is 11.3 Å². The molecular weight excluding hydrogens is 450 g/mol. The number of amides is 1. The van der Waals surface area contributed by atoms with Crippen LogP contribution in [-0.2, 0) is 4.74 Å². The lowest BCUT2D eigenvalue weighted by molar-refractivity contribution is 0.0138. The van der Waals surface area contributed by atoms with Crippen molar-refractivity contribution in [2.75, 3.05) is 7.05 Å². The summed E-state index contributed by atoms with van der Waals surface area (Å²) in [4.78, 5) is 24.0. The second-order valence-corrected chi connectivity index (χ2v) is 10.7. The van der Waals surface area contributed by atoms with Gasteiger partial charge in [0.25, 0.3) is 0 Å². The number of aromatic nitrogens is 2. The zero-order valence-electron chi connectivity index (χ0n) is 19.9. The molecule has 0 radical (unpaired) electrons. The zero-order valence-corrected chi connectivity index (χ0v) is 20.7. The summed E-state index contributed by atoms with van der Waals surface area (Å²) in [5, 5.41) is 4.00. The van der Waals surface area contributed by atoms with Crippen LogP contribution >= 0.6 is 11.3 Å². The van der Waals surface area contributed by atoms with Gasteiger partial charge in [0.15, 0.2) is 0 Å². The van der Waals surface area contributed by atoms with Crippen molar-refractivity contribution < 1.29 is 18.7 Å². The monoisotopic (exact) mass is 479 g/mol. The van der Waals surface area contributed by atoms with E-state index in [1.54, 1.807) is 22.6 Å². The molecule has 1 aromatic carbocycles. The molecule has 7 nitrogen and oxygen atoms in total. The molecule has 1 aliphatic rings. The fourth-order valence-electron chi connectivity index (χ4n) is 4.42. The summed E-state index contributed by atoms with van der Waals surface area (Å²) in [6.45, 7) is 5.65. The molecule has 0 bridgehead atoms. The van der Waals surface area contributed by atoms with E-state index in [1.807, 2.05) is 58.2 Å². The molecule has 8 heteroatoms. The summed E-state index contributed by atoms with van der Waals surface area (Å²) in [7, 11) is 1.82. The number of rotatable bonds is 4. The van der Waals surface area contributed by atoms with Crippen LogP contribution in [-0.4, -0.2) is 45.8 Å². The summed E-state index contributed by atoms with van der Waals surface area (Å²) in [6.07, 6.45) is 4.70. The quantitative estimate of drug-likeness (QED) is 0.326. The average molecular weight is 480 g/mol. The highest BCUT2D eigenvalue weighted by Gasteiger charge is 2.30. The van der Waals surface area contributed by atoms with Crippen molar-refractivity contribution in [1.82, 2.24) is 14.9 Å². The van der Waals surface area contributed by atoms with E-state index >= 15 is 0 Å². The van der Waals surface area contributed by atoms with Gasteiger partial charge in [0.1, 0.15) is 34.2 Å². The van der Waals surface area contributed by atoms with Crippen LogP contribution in [0, 0.1) is 0 Å². The Bertz CT molecular complexity index is 1280. The molecule has 0 unspecified atom stereocenters. The first kappa shape index (κ1) is 22.7. The van der Waals surface area contributed by atoms with Crippen LogP contribution in [0.5, 0.6) is 5.88 Å². The summed E-state index contributed by atoms with van der Waals surface area (Å²) < 4.78 is 18.0. The van der Waals surface area contributed by atoms with Crippen molar-refractivity contribution >= 4 is 38.6 Å². The van der Waals surface area contributed by atoms with Crippen molar-refractivity contribution in [2.45, 2.75) is 64.2 Å². The number of para-hydroxylation sites is 1. The number of hydrogen-bond donors (Lipinski definition) is 0. The van der Waals surface area contributed by atoms with Crippen molar-refractivity contribution in [3.8, 4) is 17.2 Å². The summed E-state index contributed by atoms with van der Waals surface area (Å²) >= 11 is 1.56. The predicted molar refractivity (Wildman–Crippen MR) is 133 cm³/mol. The molecule has 1 fully saturated rings. The number of carbonyl (C=O) groups is 1. The summed E-state index contributed by atoms with van der Waals surface area (Å²) in [5.41, 5.74) is 1.30. The number of benzene rings is 1. The maximum absolute atomic E-state index is 12.4. The lowest BCUT2D eigenvalue weighted by Crippen LogP contribution is -2.43. The number of furan rings is 1. The van der Waals surface area contributed by atoms with Gasteiger partial charge < -0.3 is 18.8 Å². The third-order valence-corrected chi connectivity index (χ3v) is 7.06. The average Bonchev–Trinajstić information content (AvgIpc) is 3.42. The maximum atomic E-state index is 12.4. The third kappa shape index (κ3) is 4.59. The maximum Gasteiger partial charge on any atom is 0.410 e. The molecule has 4 aromatic rings. The zero-order chi connectivity index (χ0) is 23.9. The van der Waals surface area contributed by atoms with Crippen molar-refractivity contribution in [2.24, 2.45) is 0 Å². The van der Waals surface area contributed by atoms with E-state index in [0.717, 1.165) is 58.2 Å². The minimum atomic E-state index is -0.498. The fraction of sp³-hybridized carbons (Fsp3) is 0.423. The normalized spacial score (nSPS) is 18.8. The van der Waals surface area contributed by atoms with Crippen LogP contribution in [0.2, 0.25) is 0 Å². The molecule has 34 heavy (non-hydrogen) atoms. The Balaban J connectivity index is 1.31. The highest BCUT2D eigenvalue weighted by atomic mass is 32.1. The molecule has 1 saturated carbocycles. The first-order valence-corrected chi connectivity index (χ1v) is 12.5. The lowest BCUT2D eigenvalue weighted by atomic mass is 9.92. The van der Waals surface area contributed by atoms with Gasteiger partial charge in [0.05, 0.1) is 5.39 Å². The Hall–Kier alpha value is -3.13. The molecule has 0 spiro atoms. The smallest absolute Gasteiger partial charge is 0.410 e. The second-order valence-electron chi connectivity index (χ2n) is 9.80. The molecular formula is C26H29N3O4S. The second kappa shape index (κ2) is 8.91. The topological polar surface area (TPSA) is 77.7 Å². The van der Waals surface area contributed by atoms with Gasteiger partial charge in [-0.25, -0.2) is 14.8 Å². The molecule has 1 aliphatic carbocycles. The third-order valence-electron chi connectivity index (χ3n) is 6.18. The van der Waals surface area contributed by atoms with Gasteiger partial charge in [-0.2, -0.15) is 0 Å². The van der Waals surface area contributed by atoms with E-state index in [9.17, 15) is 4.79 Å². The SMILES string of the molecule is CN(C(=O)OC(C)(C)C)[C@H]1CC[C@H](Oc2ncnc3scc(-c4cc5ccccc5o4)c23)CC1. The minimum absolute atomic E-state index is 0.0322. The van der Waals surface area contributed by atoms with Gasteiger partial charge in [-0.1, -0.05) is 18.2 Å². The highest BCUT2D eigenvalue weighted by molar-refractivity contribution is 7.17. The van der Waals surface area contributed by atoms with Crippen molar-refractivity contribution in [3.05, 3.63) is 42.0 Å². The van der Waals surface area contributed by atoms with Crippen LogP contribution < -0.4 is 4.74 Å². The standard InChI is InChI=1S/C26H29N3O4S/c1-26(2,3)33-25(30)29(4)17-9-11-18(12-10-17)31-23-22-19(14-34-24(22)28-15-27-23)21-13-16-7-5-6-8-20(16)32-21/h5-8,13-15,17-18H,9-12H2,1-4H3/t17-,18-. The Morgan fingerprint density at radius 3 is 2.65 bits per heavy atom. The van der Waals surface area contributed by atoms with Crippen LogP contribution in [0.3, 0.4) is 0 Å². The van der Waals surface area contributed by atoms with E-state index in [-0.39, 0.29) is 18.2 Å². The number of carbonyl (C=O) groups excluding carboxylic acids is 1. The minimum Gasteiger partial charge on any atom is -0.474 e. The van der Waals surface area contributed by atoms with E-state index in [2.05, 4.69) is 15.3 Å². The fourth-order valence-corrected chi connectivity index (χ4v) is 5.31. The highest BCUT2D eigenvalue weighted by Crippen LogP contribution is 2.40. The Labute approximate surface area is 202 Å². The van der Waals surface area contributed by atoms with Crippen molar-refractivity contribution in [1.29, 1.82) is 0 Å². The van der Waals surface area contributed by atoms with Gasteiger partial charge in [-0.05, 0) is 58.6 Å². The van der Waals surface area contributed by atoms with E-state index in [4.69, 9.17) is 13.9 Å². The van der Waals surface area contributed by atoms with E-state index in [0.29, 0.717) is 5.88 Å². The molecule has 0 aliphatic heterocycles. The first-order valence-electron chi connectivity index (χ1n) is 11.6. The predicted octanol–water partition coefficient (Wildman–Crippen LogP) is 6.66. The Morgan fingerprint density at radius 2 is 1.91 bits per heavy atom. The van der Waals surface area contributed by atoms with Gasteiger partial charge in [0, 0.05) is 29.4 Å². The first-order chi connectivity index (χ1) is 16.3. The van der Waals surface area contributed by atoms with Gasteiger partial charge in [-0.3, -0.25) is 0 Å². The van der Waals surface area contributed by atoms with Crippen LogP contribution in [0.4, 0.5) is 4.79 Å². The molecule has 1 amide bonds. The molecule has 0 saturated heterocycles. The lowest BCUT2D eigenvalue weighted by Gasteiger charge is -2.35. The number of ether oxygens (including phenoxy) is 2. The van der Waals surface area contributed by atoms with Crippen LogP contribution in [0.15, 0.2) is 46.5 Å². The molecule has 0 N–H and O–H groups in total. The number of fused-ring (bicyclic) bond motifs is 2. The van der Waals surface area contributed by atoms with Gasteiger partial charge in [0.2, 0.25) is 5.88 Å². The van der Waals surface area contributed by atoms with E-state index in [1.165, 1.54) is 0 Å². The number of thiophene rings is 1. The Kier molecular flexibility index (Phi) is 5.93. The largest absolute Gasteiger partial charge is 0.474 e. The van der Waals surface area contributed by atoms with Crippen LogP contribution in [0.1, 0.15) is 46.5 Å². The summed E-state index contributed by atoms with van der Waals surface area (Å²) in [6, 6.07) is 10.2. The molecule has 3 heterocycles. The Morgan fingerprint density at radius 1 is 1.15 bits per heavy atom. The molecule has 178 valence electrons. The molecule has 3 aromatic heterocycles. The van der Waals surface area contributed by atoms with E-state index < -0.39 is 5.60 Å². The molecule has 5 rings (SSSR count). The summed E-state index contributed by atoms with van der Waals surface area (Å²) in [5.74, 6) is 1.38.